The van der Waals surface area contributed by atoms with Gasteiger partial charge in [0.2, 0.25) is 0 Å². The SMILES string of the molecule is O=C(NCCc1ccccc1)N1Cc2ccccc2-n2cccc2C1c1cccc(Cl)c1. The van der Waals surface area contributed by atoms with Gasteiger partial charge >= 0.3 is 6.03 Å². The van der Waals surface area contributed by atoms with Gasteiger partial charge in [0, 0.05) is 23.5 Å². The monoisotopic (exact) mass is 441 g/mol. The molecule has 1 aliphatic rings. The quantitative estimate of drug-likeness (QED) is 0.415. The number of hydrogen-bond donors (Lipinski definition) is 1. The number of carbonyl (C=O) groups excluding carboxylic acids is 1. The van der Waals surface area contributed by atoms with E-state index in [1.54, 1.807) is 0 Å². The second-order valence-electron chi connectivity index (χ2n) is 7.98. The fourth-order valence-electron chi connectivity index (χ4n) is 4.43. The van der Waals surface area contributed by atoms with Crippen LogP contribution in [0.1, 0.15) is 28.4 Å². The number of urea groups is 1. The lowest BCUT2D eigenvalue weighted by Gasteiger charge is -2.31. The van der Waals surface area contributed by atoms with Gasteiger partial charge in [0.05, 0.1) is 18.3 Å². The van der Waals surface area contributed by atoms with Crippen molar-refractivity contribution in [1.82, 2.24) is 14.8 Å². The number of amides is 2. The maximum Gasteiger partial charge on any atom is 0.318 e. The van der Waals surface area contributed by atoms with E-state index < -0.39 is 0 Å². The highest BCUT2D eigenvalue weighted by molar-refractivity contribution is 6.30. The van der Waals surface area contributed by atoms with E-state index in [-0.39, 0.29) is 12.1 Å². The number of benzene rings is 3. The van der Waals surface area contributed by atoms with Crippen LogP contribution in [0.3, 0.4) is 0 Å². The molecule has 5 rings (SSSR count). The molecule has 2 amide bonds. The summed E-state index contributed by atoms with van der Waals surface area (Å²) in [4.78, 5) is 15.4. The van der Waals surface area contributed by atoms with Crippen LogP contribution in [-0.2, 0) is 13.0 Å². The summed E-state index contributed by atoms with van der Waals surface area (Å²) in [6, 6.07) is 30.0. The number of nitrogens with one attached hydrogen (secondary N) is 1. The molecule has 160 valence electrons. The van der Waals surface area contributed by atoms with Crippen molar-refractivity contribution in [3.63, 3.8) is 0 Å². The smallest absolute Gasteiger partial charge is 0.318 e. The zero-order valence-electron chi connectivity index (χ0n) is 17.6. The van der Waals surface area contributed by atoms with Gasteiger partial charge in [-0.1, -0.05) is 72.3 Å². The molecule has 0 saturated carbocycles. The Kier molecular flexibility index (Phi) is 5.70. The third-order valence-electron chi connectivity index (χ3n) is 5.92. The van der Waals surface area contributed by atoms with Gasteiger partial charge in [-0.25, -0.2) is 4.79 Å². The number of fused-ring (bicyclic) bond motifs is 3. The van der Waals surface area contributed by atoms with E-state index in [2.05, 4.69) is 46.4 Å². The highest BCUT2D eigenvalue weighted by atomic mass is 35.5. The molecule has 4 nitrogen and oxygen atoms in total. The molecule has 0 fully saturated rings. The van der Waals surface area contributed by atoms with E-state index in [1.165, 1.54) is 5.56 Å². The molecule has 1 aromatic heterocycles. The zero-order valence-corrected chi connectivity index (χ0v) is 18.4. The molecule has 3 aromatic carbocycles. The summed E-state index contributed by atoms with van der Waals surface area (Å²) in [5.41, 5.74) is 5.43. The van der Waals surface area contributed by atoms with E-state index in [0.717, 1.165) is 28.9 Å². The molecule has 1 aliphatic heterocycles. The molecule has 0 saturated heterocycles. The molecule has 1 atom stereocenters. The Balaban J connectivity index is 1.50. The van der Waals surface area contributed by atoms with Gasteiger partial charge in [0.25, 0.3) is 0 Å². The molecular formula is C27H24ClN3O. The van der Waals surface area contributed by atoms with Crippen molar-refractivity contribution in [3.8, 4) is 5.69 Å². The number of aromatic nitrogens is 1. The predicted octanol–water partition coefficient (Wildman–Crippen LogP) is 5.99. The summed E-state index contributed by atoms with van der Waals surface area (Å²) in [6.45, 7) is 1.08. The first kappa shape index (κ1) is 20.4. The minimum absolute atomic E-state index is 0.0876. The molecule has 4 aromatic rings. The molecular weight excluding hydrogens is 418 g/mol. The number of carbonyl (C=O) groups is 1. The maximum absolute atomic E-state index is 13.5. The van der Waals surface area contributed by atoms with Crippen LogP contribution in [0.4, 0.5) is 4.79 Å². The second kappa shape index (κ2) is 8.93. The molecule has 1 N–H and O–H groups in total. The summed E-state index contributed by atoms with van der Waals surface area (Å²) in [7, 11) is 0. The maximum atomic E-state index is 13.5. The van der Waals surface area contributed by atoms with E-state index in [4.69, 9.17) is 11.6 Å². The van der Waals surface area contributed by atoms with Gasteiger partial charge in [0.15, 0.2) is 0 Å². The Morgan fingerprint density at radius 1 is 0.938 bits per heavy atom. The average molecular weight is 442 g/mol. The lowest BCUT2D eigenvalue weighted by molar-refractivity contribution is 0.181. The van der Waals surface area contributed by atoms with Crippen molar-refractivity contribution in [2.24, 2.45) is 0 Å². The fraction of sp³-hybridized carbons (Fsp3) is 0.148. The molecule has 1 unspecified atom stereocenters. The largest absolute Gasteiger partial charge is 0.338 e. The summed E-state index contributed by atoms with van der Waals surface area (Å²) >= 11 is 6.35. The minimum atomic E-state index is -0.257. The Morgan fingerprint density at radius 3 is 2.59 bits per heavy atom. The van der Waals surface area contributed by atoms with Gasteiger partial charge in [-0.05, 0) is 53.4 Å². The van der Waals surface area contributed by atoms with Crippen LogP contribution >= 0.6 is 11.6 Å². The number of halogens is 1. The van der Waals surface area contributed by atoms with Crippen molar-refractivity contribution in [3.05, 3.63) is 125 Å². The molecule has 0 aliphatic carbocycles. The van der Waals surface area contributed by atoms with Crippen molar-refractivity contribution in [2.75, 3.05) is 6.54 Å². The van der Waals surface area contributed by atoms with Gasteiger partial charge in [-0.2, -0.15) is 0 Å². The molecule has 5 heteroatoms. The highest BCUT2D eigenvalue weighted by Gasteiger charge is 2.32. The van der Waals surface area contributed by atoms with Crippen LogP contribution in [0.15, 0.2) is 97.2 Å². The summed E-state index contributed by atoms with van der Waals surface area (Å²) in [5, 5.41) is 3.80. The van der Waals surface area contributed by atoms with Gasteiger partial charge < -0.3 is 14.8 Å². The molecule has 2 heterocycles. The lowest BCUT2D eigenvalue weighted by Crippen LogP contribution is -2.42. The van der Waals surface area contributed by atoms with Crippen molar-refractivity contribution in [1.29, 1.82) is 0 Å². The van der Waals surface area contributed by atoms with Crippen LogP contribution in [0.2, 0.25) is 5.02 Å². The molecule has 32 heavy (non-hydrogen) atoms. The van der Waals surface area contributed by atoms with Gasteiger partial charge in [0.1, 0.15) is 0 Å². The van der Waals surface area contributed by atoms with Gasteiger partial charge in [-0.3, -0.25) is 0 Å². The summed E-state index contributed by atoms with van der Waals surface area (Å²) in [6.07, 6.45) is 2.84. The third kappa shape index (κ3) is 4.02. The number of hydrogen-bond acceptors (Lipinski definition) is 1. The fourth-order valence-corrected chi connectivity index (χ4v) is 4.63. The Labute approximate surface area is 193 Å². The average Bonchev–Trinajstić information content (AvgIpc) is 3.24. The number of nitrogens with zero attached hydrogens (tertiary/aromatic N) is 2. The van der Waals surface area contributed by atoms with Crippen molar-refractivity contribution < 1.29 is 4.79 Å². The standard InChI is InChI=1S/C27H24ClN3O/c28-23-12-6-11-21(18-23)26-25-14-7-17-30(25)24-13-5-4-10-22(24)19-31(26)27(32)29-16-15-20-8-2-1-3-9-20/h1-14,17-18,26H,15-16,19H2,(H,29,32). The van der Waals surface area contributed by atoms with Crippen molar-refractivity contribution >= 4 is 17.6 Å². The first-order valence-corrected chi connectivity index (χ1v) is 11.2. The summed E-state index contributed by atoms with van der Waals surface area (Å²) < 4.78 is 2.18. The van der Waals surface area contributed by atoms with Crippen LogP contribution < -0.4 is 5.32 Å². The van der Waals surface area contributed by atoms with Crippen LogP contribution in [0, 0.1) is 0 Å². The van der Waals surface area contributed by atoms with Crippen LogP contribution in [0.25, 0.3) is 5.69 Å². The predicted molar refractivity (Wildman–Crippen MR) is 128 cm³/mol. The second-order valence-corrected chi connectivity index (χ2v) is 8.42. The summed E-state index contributed by atoms with van der Waals surface area (Å²) in [5.74, 6) is 0. The molecule has 0 bridgehead atoms. The van der Waals surface area contributed by atoms with Gasteiger partial charge in [-0.15, -0.1) is 0 Å². The topological polar surface area (TPSA) is 37.3 Å². The highest BCUT2D eigenvalue weighted by Crippen LogP contribution is 2.37. The van der Waals surface area contributed by atoms with E-state index in [9.17, 15) is 4.79 Å². The zero-order chi connectivity index (χ0) is 21.9. The van der Waals surface area contributed by atoms with E-state index >= 15 is 0 Å². The van der Waals surface area contributed by atoms with Crippen LogP contribution in [0.5, 0.6) is 0 Å². The molecule has 0 radical (unpaired) electrons. The van der Waals surface area contributed by atoms with E-state index in [1.807, 2.05) is 65.6 Å². The number of rotatable bonds is 4. The lowest BCUT2D eigenvalue weighted by atomic mass is 10.0. The first-order valence-electron chi connectivity index (χ1n) is 10.8. The van der Waals surface area contributed by atoms with E-state index in [0.29, 0.717) is 18.1 Å². The van der Waals surface area contributed by atoms with Crippen LogP contribution in [-0.4, -0.2) is 22.0 Å². The third-order valence-corrected chi connectivity index (χ3v) is 6.16. The number of para-hydroxylation sites is 1. The Morgan fingerprint density at radius 2 is 1.75 bits per heavy atom. The first-order chi connectivity index (χ1) is 15.7. The van der Waals surface area contributed by atoms with Crippen molar-refractivity contribution in [2.45, 2.75) is 19.0 Å². The normalized spacial score (nSPS) is 14.9. The minimum Gasteiger partial charge on any atom is -0.338 e. The Bertz CT molecular complexity index is 1230. The Hall–Kier alpha value is -3.50. The molecule has 0 spiro atoms.